The quantitative estimate of drug-likeness (QED) is 0.637. The molecule has 1 amide bonds. The van der Waals surface area contributed by atoms with Gasteiger partial charge in [0.25, 0.3) is 5.91 Å². The van der Waals surface area contributed by atoms with E-state index in [0.29, 0.717) is 25.2 Å². The Morgan fingerprint density at radius 2 is 1.90 bits per heavy atom. The average Bonchev–Trinajstić information content (AvgIpc) is 2.38. The number of amides is 1. The van der Waals surface area contributed by atoms with Crippen molar-refractivity contribution in [2.45, 2.75) is 18.7 Å². The Morgan fingerprint density at radius 3 is 2.29 bits per heavy atom. The van der Waals surface area contributed by atoms with Gasteiger partial charge in [-0.05, 0) is 19.9 Å². The van der Waals surface area contributed by atoms with Gasteiger partial charge in [0.2, 0.25) is 15.8 Å². The summed E-state index contributed by atoms with van der Waals surface area (Å²) in [6.07, 6.45) is 0. The molecule has 1 aromatic rings. The first kappa shape index (κ1) is 17.0. The second-order valence-corrected chi connectivity index (χ2v) is 5.62. The number of hydrogen-bond donors (Lipinski definition) is 1. The van der Waals surface area contributed by atoms with Crippen molar-refractivity contribution in [3.63, 3.8) is 0 Å². The zero-order valence-corrected chi connectivity index (χ0v) is 12.2. The number of hydrogen-bond acceptors (Lipinski definition) is 5. The minimum Gasteiger partial charge on any atom is -0.339 e. The summed E-state index contributed by atoms with van der Waals surface area (Å²) in [5.74, 6) is -2.23. The molecule has 0 aromatic heterocycles. The largest absolute Gasteiger partial charge is 0.339 e. The molecule has 0 aliphatic rings. The second kappa shape index (κ2) is 6.14. The fraction of sp³-hybridized carbons (Fsp3) is 0.364. The van der Waals surface area contributed by atoms with E-state index in [2.05, 4.69) is 0 Å². The van der Waals surface area contributed by atoms with Gasteiger partial charge in [0, 0.05) is 24.7 Å². The summed E-state index contributed by atoms with van der Waals surface area (Å²) in [5, 5.41) is 15.6. The summed E-state index contributed by atoms with van der Waals surface area (Å²) < 4.78 is 36.4. The van der Waals surface area contributed by atoms with Crippen molar-refractivity contribution in [3.05, 3.63) is 33.6 Å². The van der Waals surface area contributed by atoms with Gasteiger partial charge in [-0.1, -0.05) is 0 Å². The van der Waals surface area contributed by atoms with Crippen molar-refractivity contribution >= 4 is 21.6 Å². The van der Waals surface area contributed by atoms with E-state index in [9.17, 15) is 27.7 Å². The predicted molar refractivity (Wildman–Crippen MR) is 71.7 cm³/mol. The van der Waals surface area contributed by atoms with Gasteiger partial charge in [0.1, 0.15) is 4.90 Å². The number of nitrogens with two attached hydrogens (primary N) is 1. The summed E-state index contributed by atoms with van der Waals surface area (Å²) in [4.78, 5) is 22.0. The Balaban J connectivity index is 3.59. The van der Waals surface area contributed by atoms with E-state index in [4.69, 9.17) is 5.14 Å². The van der Waals surface area contributed by atoms with Crippen molar-refractivity contribution in [1.82, 2.24) is 4.90 Å². The third kappa shape index (κ3) is 3.52. The van der Waals surface area contributed by atoms with Crippen molar-refractivity contribution in [2.24, 2.45) is 5.14 Å². The van der Waals surface area contributed by atoms with Crippen LogP contribution in [0, 0.1) is 15.9 Å². The first-order valence-electron chi connectivity index (χ1n) is 5.93. The molecule has 0 unspecified atom stereocenters. The topological polar surface area (TPSA) is 124 Å². The number of sulfonamides is 1. The van der Waals surface area contributed by atoms with Crippen molar-refractivity contribution in [2.75, 3.05) is 13.1 Å². The molecule has 0 spiro atoms. The van der Waals surface area contributed by atoms with Gasteiger partial charge in [-0.3, -0.25) is 14.9 Å². The van der Waals surface area contributed by atoms with E-state index in [-0.39, 0.29) is 5.56 Å². The number of benzene rings is 1. The summed E-state index contributed by atoms with van der Waals surface area (Å²) >= 11 is 0. The molecule has 0 atom stereocenters. The second-order valence-electron chi connectivity index (χ2n) is 4.09. The summed E-state index contributed by atoms with van der Waals surface area (Å²) in [6.45, 7) is 3.98. The molecule has 0 heterocycles. The number of primary sulfonamides is 1. The maximum Gasteiger partial charge on any atom is 0.307 e. The number of carbonyl (C=O) groups is 1. The van der Waals surface area contributed by atoms with Gasteiger partial charge in [0.05, 0.1) is 4.92 Å². The highest BCUT2D eigenvalue weighted by molar-refractivity contribution is 7.89. The molecule has 10 heteroatoms. The summed E-state index contributed by atoms with van der Waals surface area (Å²) in [6, 6.07) is 1.41. The molecule has 1 aromatic carbocycles. The SMILES string of the molecule is CCN(CC)C(=O)c1cc([N+](=O)[O-])c(F)c(S(N)(=O)=O)c1. The van der Waals surface area contributed by atoms with Crippen molar-refractivity contribution in [3.8, 4) is 0 Å². The van der Waals surface area contributed by atoms with Crippen LogP contribution in [0.1, 0.15) is 24.2 Å². The molecule has 0 bridgehead atoms. The molecular weight excluding hydrogens is 305 g/mol. The fourth-order valence-electron chi connectivity index (χ4n) is 1.74. The van der Waals surface area contributed by atoms with Crippen LogP contribution in [0.3, 0.4) is 0 Å². The van der Waals surface area contributed by atoms with E-state index in [1.165, 1.54) is 4.90 Å². The third-order valence-electron chi connectivity index (χ3n) is 2.82. The molecule has 0 aliphatic carbocycles. The Labute approximate surface area is 120 Å². The lowest BCUT2D eigenvalue weighted by Gasteiger charge is -2.18. The van der Waals surface area contributed by atoms with Crippen LogP contribution in [-0.2, 0) is 10.0 Å². The average molecular weight is 319 g/mol. The number of rotatable bonds is 5. The number of nitrogens with zero attached hydrogens (tertiary/aromatic N) is 2. The van der Waals surface area contributed by atoms with Crippen LogP contribution < -0.4 is 5.14 Å². The van der Waals surface area contributed by atoms with E-state index in [0.717, 1.165) is 0 Å². The highest BCUT2D eigenvalue weighted by atomic mass is 32.2. The van der Waals surface area contributed by atoms with Crippen LogP contribution in [0.4, 0.5) is 10.1 Å². The van der Waals surface area contributed by atoms with Crippen LogP contribution >= 0.6 is 0 Å². The highest BCUT2D eigenvalue weighted by Crippen LogP contribution is 2.26. The molecule has 1 rings (SSSR count). The lowest BCUT2D eigenvalue weighted by Crippen LogP contribution is -2.31. The smallest absolute Gasteiger partial charge is 0.307 e. The van der Waals surface area contributed by atoms with E-state index in [1.54, 1.807) is 13.8 Å². The molecule has 0 fully saturated rings. The number of nitro groups is 1. The molecular formula is C11H14FN3O5S. The maximum absolute atomic E-state index is 13.8. The van der Waals surface area contributed by atoms with Crippen LogP contribution in [0.2, 0.25) is 0 Å². The Kier molecular flexibility index (Phi) is 4.97. The lowest BCUT2D eigenvalue weighted by molar-refractivity contribution is -0.387. The minimum atomic E-state index is -4.53. The molecule has 21 heavy (non-hydrogen) atoms. The van der Waals surface area contributed by atoms with Crippen molar-refractivity contribution in [1.29, 1.82) is 0 Å². The fourth-order valence-corrected chi connectivity index (χ4v) is 2.39. The van der Waals surface area contributed by atoms with Crippen LogP contribution in [0.25, 0.3) is 0 Å². The Hall–Kier alpha value is -2.07. The molecule has 0 aliphatic heterocycles. The minimum absolute atomic E-state index is 0.309. The molecule has 8 nitrogen and oxygen atoms in total. The highest BCUT2D eigenvalue weighted by Gasteiger charge is 2.28. The summed E-state index contributed by atoms with van der Waals surface area (Å²) in [5.41, 5.74) is -1.42. The van der Waals surface area contributed by atoms with Crippen molar-refractivity contribution < 1.29 is 22.5 Å². The first-order valence-corrected chi connectivity index (χ1v) is 7.48. The third-order valence-corrected chi connectivity index (χ3v) is 3.73. The van der Waals surface area contributed by atoms with Gasteiger partial charge in [-0.25, -0.2) is 13.6 Å². The van der Waals surface area contributed by atoms with Crippen LogP contribution in [0.15, 0.2) is 17.0 Å². The van der Waals surface area contributed by atoms with Gasteiger partial charge < -0.3 is 4.90 Å². The van der Waals surface area contributed by atoms with Gasteiger partial charge in [-0.2, -0.15) is 4.39 Å². The zero-order valence-electron chi connectivity index (χ0n) is 11.4. The first-order chi connectivity index (χ1) is 9.63. The zero-order chi connectivity index (χ0) is 16.4. The van der Waals surface area contributed by atoms with E-state index >= 15 is 0 Å². The van der Waals surface area contributed by atoms with Gasteiger partial charge in [0.15, 0.2) is 0 Å². The number of carbonyl (C=O) groups excluding carboxylic acids is 1. The molecule has 2 N–H and O–H groups in total. The molecule has 0 saturated heterocycles. The lowest BCUT2D eigenvalue weighted by atomic mass is 10.1. The normalized spacial score (nSPS) is 11.2. The molecule has 0 radical (unpaired) electrons. The van der Waals surface area contributed by atoms with E-state index in [1.807, 2.05) is 0 Å². The maximum atomic E-state index is 13.8. The standard InChI is InChI=1S/C11H14FN3O5S/c1-3-14(4-2)11(16)7-5-8(15(17)18)10(12)9(6-7)21(13,19)20/h5-6H,3-4H2,1-2H3,(H2,13,19,20). The Bertz CT molecular complexity index is 685. The molecule has 0 saturated carbocycles. The molecule has 116 valence electrons. The Morgan fingerprint density at radius 1 is 1.38 bits per heavy atom. The van der Waals surface area contributed by atoms with Crippen LogP contribution in [0.5, 0.6) is 0 Å². The van der Waals surface area contributed by atoms with E-state index < -0.39 is 37.3 Å². The predicted octanol–water partition coefficient (Wildman–Crippen LogP) is 0.863. The summed E-state index contributed by atoms with van der Waals surface area (Å²) in [7, 11) is -4.53. The number of nitro benzene ring substituents is 1. The number of halogens is 1. The van der Waals surface area contributed by atoms with Gasteiger partial charge >= 0.3 is 5.69 Å². The van der Waals surface area contributed by atoms with Gasteiger partial charge in [-0.15, -0.1) is 0 Å². The monoisotopic (exact) mass is 319 g/mol. The van der Waals surface area contributed by atoms with Crippen LogP contribution in [-0.4, -0.2) is 37.2 Å².